The van der Waals surface area contributed by atoms with Gasteiger partial charge in [0.1, 0.15) is 16.3 Å². The highest BCUT2D eigenvalue weighted by Gasteiger charge is 2.22. The topological polar surface area (TPSA) is 219 Å². The number of aromatic nitrogens is 5. The monoisotopic (exact) mass is 951 g/mol. The first-order valence-electron chi connectivity index (χ1n) is 19.2. The number of hydrogen-bond donors (Lipinski definition) is 4. The summed E-state index contributed by atoms with van der Waals surface area (Å²) >= 11 is 15.9. The first kappa shape index (κ1) is 44.9. The standard InChI is InChI=1S/C39H39Cl2N13O4S4/c1-5-53(6-2)23-10-14-26(49-51-38-44-28-13-9-22(40)19-32(28)60-38)30(20-23)42-35-46-36(48-37(47-35)59-18-17-55)43-31-21-24(54(7-3)8-4)11-15-27(31)50-52-39-45-29-16-12-25(41)34(33(29)61-39)62(56,57)58/h9-16,19-21,55H,5-8,17-18H2,1-4H3,(H,56,57,58)(H2,42,43,46,47,48)/b51-49+,52-50+. The molecule has 0 aliphatic rings. The summed E-state index contributed by atoms with van der Waals surface area (Å²) in [6.45, 7) is 11.2. The summed E-state index contributed by atoms with van der Waals surface area (Å²) in [6, 6.07) is 19.7. The Hall–Kier alpha value is -5.13. The number of thioether (sulfide) groups is 1. The third-order valence-corrected chi connectivity index (χ3v) is 13.6. The van der Waals surface area contributed by atoms with Crippen LogP contribution in [0.3, 0.4) is 0 Å². The second-order valence-corrected chi connectivity index (χ2v) is 18.3. The molecule has 7 aromatic rings. The summed E-state index contributed by atoms with van der Waals surface area (Å²) < 4.78 is 35.2. The van der Waals surface area contributed by atoms with Crippen molar-refractivity contribution in [3.63, 3.8) is 0 Å². The summed E-state index contributed by atoms with van der Waals surface area (Å²) in [5.74, 6) is 0.688. The van der Waals surface area contributed by atoms with E-state index in [0.717, 1.165) is 59.1 Å². The number of benzene rings is 4. The van der Waals surface area contributed by atoms with Crippen molar-refractivity contribution in [3.8, 4) is 0 Å². The van der Waals surface area contributed by atoms with Crippen LogP contribution in [0.4, 0.5) is 56.3 Å². The van der Waals surface area contributed by atoms with Crippen molar-refractivity contribution < 1.29 is 18.1 Å². The van der Waals surface area contributed by atoms with Gasteiger partial charge in [-0.05, 0) is 94.4 Å². The molecule has 0 atom stereocenters. The fraction of sp³-hybridized carbons (Fsp3) is 0.256. The predicted molar refractivity (Wildman–Crippen MR) is 252 cm³/mol. The SMILES string of the molecule is CCN(CC)c1ccc(/N=N/c2nc3ccc(Cl)cc3s2)c(Nc2nc(Nc3cc(N(CC)CC)ccc3/N=N/c3nc4ccc(Cl)c(S(=O)(=O)O)c4s3)nc(SCCO)n2)c1. The average Bonchev–Trinajstić information content (AvgIpc) is 3.85. The highest BCUT2D eigenvalue weighted by atomic mass is 35.5. The molecular weight excluding hydrogens is 914 g/mol. The Kier molecular flexibility index (Phi) is 14.4. The number of fused-ring (bicyclic) bond motifs is 2. The van der Waals surface area contributed by atoms with Crippen LogP contribution in [0.2, 0.25) is 10.0 Å². The van der Waals surface area contributed by atoms with Gasteiger partial charge in [0, 0.05) is 48.3 Å². The first-order chi connectivity index (χ1) is 29.9. The zero-order chi connectivity index (χ0) is 44.0. The summed E-state index contributed by atoms with van der Waals surface area (Å²) in [5.41, 5.74) is 4.85. The Morgan fingerprint density at radius 3 is 1.79 bits per heavy atom. The maximum Gasteiger partial charge on any atom is 0.297 e. The number of nitrogens with zero attached hydrogens (tertiary/aromatic N) is 11. The largest absolute Gasteiger partial charge is 0.396 e. The molecule has 4 N–H and O–H groups in total. The number of aliphatic hydroxyl groups excluding tert-OH is 1. The number of halogens is 2. The molecule has 0 amide bonds. The number of nitrogens with one attached hydrogen (secondary N) is 2. The fourth-order valence-electron chi connectivity index (χ4n) is 6.24. The lowest BCUT2D eigenvalue weighted by Gasteiger charge is -2.22. The molecule has 0 fully saturated rings. The van der Waals surface area contributed by atoms with E-state index < -0.39 is 15.0 Å². The van der Waals surface area contributed by atoms with Gasteiger partial charge in [0.15, 0.2) is 5.16 Å². The molecule has 0 saturated heterocycles. The van der Waals surface area contributed by atoms with Crippen LogP contribution in [0.5, 0.6) is 0 Å². The van der Waals surface area contributed by atoms with Crippen LogP contribution in [0.1, 0.15) is 27.7 Å². The molecule has 0 spiro atoms. The van der Waals surface area contributed by atoms with E-state index >= 15 is 0 Å². The van der Waals surface area contributed by atoms with Gasteiger partial charge < -0.3 is 25.5 Å². The lowest BCUT2D eigenvalue weighted by atomic mass is 10.2. The molecule has 0 aliphatic carbocycles. The van der Waals surface area contributed by atoms with Crippen molar-refractivity contribution in [1.82, 2.24) is 24.9 Å². The summed E-state index contributed by atoms with van der Waals surface area (Å²) in [5, 5.41) is 35.7. The molecule has 3 heterocycles. The van der Waals surface area contributed by atoms with E-state index in [1.807, 2.05) is 42.5 Å². The number of rotatable bonds is 18. The molecule has 4 aromatic carbocycles. The molecule has 322 valence electrons. The van der Waals surface area contributed by atoms with Crippen molar-refractivity contribution in [2.45, 2.75) is 37.7 Å². The molecule has 0 bridgehead atoms. The number of anilines is 6. The zero-order valence-electron chi connectivity index (χ0n) is 33.6. The van der Waals surface area contributed by atoms with Gasteiger partial charge in [-0.1, -0.05) is 57.6 Å². The van der Waals surface area contributed by atoms with Crippen LogP contribution in [-0.2, 0) is 10.1 Å². The molecule has 0 unspecified atom stereocenters. The molecule has 0 radical (unpaired) electrons. The maximum atomic E-state index is 12.2. The Morgan fingerprint density at radius 1 is 0.694 bits per heavy atom. The second-order valence-electron chi connectivity index (χ2n) is 13.0. The summed E-state index contributed by atoms with van der Waals surface area (Å²) in [6.07, 6.45) is 0. The molecule has 23 heteroatoms. The van der Waals surface area contributed by atoms with Gasteiger partial charge in [-0.25, -0.2) is 9.97 Å². The van der Waals surface area contributed by atoms with Crippen molar-refractivity contribution >= 4 is 144 Å². The zero-order valence-corrected chi connectivity index (χ0v) is 38.4. The van der Waals surface area contributed by atoms with Crippen molar-refractivity contribution in [3.05, 3.63) is 76.8 Å². The van der Waals surface area contributed by atoms with Gasteiger partial charge in [-0.3, -0.25) is 4.55 Å². The van der Waals surface area contributed by atoms with E-state index in [9.17, 15) is 18.1 Å². The Bertz CT molecular complexity index is 2910. The number of azo groups is 2. The van der Waals surface area contributed by atoms with Crippen LogP contribution >= 0.6 is 57.6 Å². The summed E-state index contributed by atoms with van der Waals surface area (Å²) in [4.78, 5) is 27.0. The van der Waals surface area contributed by atoms with Crippen LogP contribution in [0.15, 0.2) is 97.2 Å². The average molecular weight is 953 g/mol. The van der Waals surface area contributed by atoms with Crippen LogP contribution in [0, 0.1) is 0 Å². The van der Waals surface area contributed by atoms with Crippen LogP contribution < -0.4 is 20.4 Å². The Balaban J connectivity index is 1.27. The van der Waals surface area contributed by atoms with E-state index in [1.165, 1.54) is 35.2 Å². The number of thiazole rings is 2. The minimum absolute atomic E-state index is 0.101. The maximum absolute atomic E-state index is 12.2. The first-order valence-corrected chi connectivity index (χ1v) is 24.0. The molecule has 7 rings (SSSR count). The van der Waals surface area contributed by atoms with E-state index in [0.29, 0.717) is 43.8 Å². The Morgan fingerprint density at radius 2 is 1.24 bits per heavy atom. The Labute approximate surface area is 379 Å². The minimum Gasteiger partial charge on any atom is -0.396 e. The number of hydrogen-bond acceptors (Lipinski definition) is 19. The quantitative estimate of drug-likeness (QED) is 0.0357. The van der Waals surface area contributed by atoms with Crippen molar-refractivity contribution in [2.24, 2.45) is 20.5 Å². The lowest BCUT2D eigenvalue weighted by molar-refractivity contribution is 0.322. The molecule has 17 nitrogen and oxygen atoms in total. The smallest absolute Gasteiger partial charge is 0.297 e. The molecule has 0 saturated carbocycles. The van der Waals surface area contributed by atoms with Crippen LogP contribution in [0.25, 0.3) is 20.4 Å². The van der Waals surface area contributed by atoms with Gasteiger partial charge >= 0.3 is 0 Å². The highest BCUT2D eigenvalue weighted by Crippen LogP contribution is 2.40. The van der Waals surface area contributed by atoms with E-state index in [2.05, 4.69) is 88.5 Å². The van der Waals surface area contributed by atoms with Crippen molar-refractivity contribution in [2.75, 3.05) is 59.0 Å². The predicted octanol–water partition coefficient (Wildman–Crippen LogP) is 11.7. The van der Waals surface area contributed by atoms with Gasteiger partial charge in [-0.15, -0.1) is 20.5 Å². The normalized spacial score (nSPS) is 12.0. The van der Waals surface area contributed by atoms with Gasteiger partial charge in [-0.2, -0.15) is 23.4 Å². The molecule has 62 heavy (non-hydrogen) atoms. The van der Waals surface area contributed by atoms with E-state index in [4.69, 9.17) is 28.2 Å². The lowest BCUT2D eigenvalue weighted by Crippen LogP contribution is -2.21. The fourth-order valence-corrected chi connectivity index (χ4v) is 10.3. The molecule has 0 aliphatic heterocycles. The van der Waals surface area contributed by atoms with Gasteiger partial charge in [0.25, 0.3) is 10.1 Å². The second kappa shape index (κ2) is 19.9. The van der Waals surface area contributed by atoms with Crippen LogP contribution in [-0.4, -0.2) is 81.5 Å². The minimum atomic E-state index is -4.64. The van der Waals surface area contributed by atoms with E-state index in [-0.39, 0.29) is 38.9 Å². The van der Waals surface area contributed by atoms with Crippen molar-refractivity contribution in [1.29, 1.82) is 0 Å². The third kappa shape index (κ3) is 10.5. The van der Waals surface area contributed by atoms with E-state index in [1.54, 1.807) is 12.1 Å². The number of aliphatic hydroxyl groups is 1. The van der Waals surface area contributed by atoms with Gasteiger partial charge in [0.2, 0.25) is 22.2 Å². The summed E-state index contributed by atoms with van der Waals surface area (Å²) in [7, 11) is -4.64. The molecule has 3 aromatic heterocycles. The third-order valence-electron chi connectivity index (χ3n) is 9.18. The molecular formula is C39H39Cl2N13O4S4. The van der Waals surface area contributed by atoms with Gasteiger partial charge in [0.05, 0.1) is 43.4 Å². The highest BCUT2D eigenvalue weighted by molar-refractivity contribution is 7.99.